The smallest absolute Gasteiger partial charge is 0.302 e. The van der Waals surface area contributed by atoms with Crippen LogP contribution in [0.5, 0.6) is 0 Å². The summed E-state index contributed by atoms with van der Waals surface area (Å²) in [5, 5.41) is 0. The summed E-state index contributed by atoms with van der Waals surface area (Å²) >= 11 is 0. The number of carbonyl (C=O) groups excluding carboxylic acids is 1. The molecule has 1 amide bonds. The predicted molar refractivity (Wildman–Crippen MR) is 64.8 cm³/mol. The van der Waals surface area contributed by atoms with Crippen LogP contribution in [0.3, 0.4) is 0 Å². The highest BCUT2D eigenvalue weighted by atomic mass is 32.3. The first-order valence-electron chi connectivity index (χ1n) is 5.78. The molecule has 1 atom stereocenters. The van der Waals surface area contributed by atoms with Crippen molar-refractivity contribution in [3.8, 4) is 0 Å². The topological polar surface area (TPSA) is 54.5 Å². The molecule has 0 radical (unpaired) electrons. The Balaban J connectivity index is 1.98. The molecule has 19 heavy (non-hydrogen) atoms. The summed E-state index contributed by atoms with van der Waals surface area (Å²) in [4.78, 5) is 13.1. The molecule has 2 rings (SSSR count). The van der Waals surface area contributed by atoms with Gasteiger partial charge >= 0.3 is 10.2 Å². The Morgan fingerprint density at radius 2 is 1.89 bits per heavy atom. The second-order valence-electron chi connectivity index (χ2n) is 4.68. The minimum Gasteiger partial charge on any atom is -0.338 e. The van der Waals surface area contributed by atoms with Gasteiger partial charge in [0.2, 0.25) is 5.91 Å². The fraction of sp³-hybridized carbons (Fsp3) is 0.417. The molecule has 104 valence electrons. The lowest BCUT2D eigenvalue weighted by Gasteiger charge is -2.16. The number of rotatable bonds is 4. The van der Waals surface area contributed by atoms with Gasteiger partial charge in [0.15, 0.2) is 0 Å². The van der Waals surface area contributed by atoms with Crippen LogP contribution in [0.4, 0.5) is 8.28 Å². The van der Waals surface area contributed by atoms with E-state index in [1.54, 1.807) is 12.1 Å². The van der Waals surface area contributed by atoms with E-state index in [9.17, 15) is 21.5 Å². The van der Waals surface area contributed by atoms with Gasteiger partial charge in [-0.3, -0.25) is 4.79 Å². The van der Waals surface area contributed by atoms with E-state index in [2.05, 4.69) is 0 Å². The van der Waals surface area contributed by atoms with Gasteiger partial charge in [-0.15, -0.1) is 3.89 Å². The van der Waals surface area contributed by atoms with E-state index in [-0.39, 0.29) is 31.2 Å². The number of hydrogen-bond donors (Lipinski definition) is 0. The van der Waals surface area contributed by atoms with Crippen LogP contribution in [-0.2, 0) is 21.6 Å². The average Bonchev–Trinajstić information content (AvgIpc) is 2.60. The van der Waals surface area contributed by atoms with Crippen molar-refractivity contribution in [1.29, 1.82) is 0 Å². The summed E-state index contributed by atoms with van der Waals surface area (Å²) in [7, 11) is -4.56. The largest absolute Gasteiger partial charge is 0.338 e. The number of amides is 1. The van der Waals surface area contributed by atoms with Crippen LogP contribution in [0, 0.1) is 11.7 Å². The maximum absolute atomic E-state index is 12.7. The molecular weight excluding hydrogens is 276 g/mol. The Morgan fingerprint density at radius 3 is 2.47 bits per heavy atom. The Bertz CT molecular complexity index is 571. The van der Waals surface area contributed by atoms with Crippen molar-refractivity contribution in [2.24, 2.45) is 5.92 Å². The van der Waals surface area contributed by atoms with Gasteiger partial charge in [-0.2, -0.15) is 8.42 Å². The number of hydrogen-bond acceptors (Lipinski definition) is 3. The molecule has 1 saturated heterocycles. The summed E-state index contributed by atoms with van der Waals surface area (Å²) in [6.07, 6.45) is 0.0321. The van der Waals surface area contributed by atoms with E-state index < -0.39 is 21.9 Å². The zero-order chi connectivity index (χ0) is 14.0. The molecule has 1 aromatic rings. The lowest BCUT2D eigenvalue weighted by molar-refractivity contribution is -0.128. The quantitative estimate of drug-likeness (QED) is 0.789. The molecule has 1 aliphatic heterocycles. The van der Waals surface area contributed by atoms with Crippen LogP contribution >= 0.6 is 0 Å². The molecule has 1 fully saturated rings. The van der Waals surface area contributed by atoms with Gasteiger partial charge < -0.3 is 4.90 Å². The average molecular weight is 289 g/mol. The molecule has 1 aromatic carbocycles. The van der Waals surface area contributed by atoms with E-state index >= 15 is 0 Å². The van der Waals surface area contributed by atoms with Gasteiger partial charge in [-0.05, 0) is 17.7 Å². The molecule has 0 saturated carbocycles. The van der Waals surface area contributed by atoms with E-state index in [0.717, 1.165) is 5.56 Å². The van der Waals surface area contributed by atoms with Gasteiger partial charge in [-0.1, -0.05) is 12.1 Å². The van der Waals surface area contributed by atoms with Crippen molar-refractivity contribution >= 4 is 16.1 Å². The first-order chi connectivity index (χ1) is 8.83. The predicted octanol–water partition coefficient (Wildman–Crippen LogP) is 1.47. The van der Waals surface area contributed by atoms with Gasteiger partial charge in [0.1, 0.15) is 5.82 Å². The molecule has 1 unspecified atom stereocenters. The van der Waals surface area contributed by atoms with Gasteiger partial charge in [0, 0.05) is 25.4 Å². The first kappa shape index (κ1) is 13.9. The van der Waals surface area contributed by atoms with E-state index in [4.69, 9.17) is 0 Å². The van der Waals surface area contributed by atoms with E-state index in [1.165, 1.54) is 17.0 Å². The maximum atomic E-state index is 12.7. The molecule has 0 spiro atoms. The molecule has 0 bridgehead atoms. The Kier molecular flexibility index (Phi) is 3.84. The van der Waals surface area contributed by atoms with Gasteiger partial charge in [-0.25, -0.2) is 4.39 Å². The SMILES string of the molecule is O=C1CC(CS(=O)(=O)F)CN1Cc1ccc(F)cc1. The van der Waals surface area contributed by atoms with Gasteiger partial charge in [0.25, 0.3) is 0 Å². The molecule has 1 aliphatic rings. The molecule has 0 aromatic heterocycles. The molecular formula is C12H13F2NO3S. The number of benzene rings is 1. The van der Waals surface area contributed by atoms with Crippen LogP contribution in [0.2, 0.25) is 0 Å². The highest BCUT2D eigenvalue weighted by Crippen LogP contribution is 2.22. The number of carbonyl (C=O) groups is 1. The van der Waals surface area contributed by atoms with Crippen molar-refractivity contribution in [3.63, 3.8) is 0 Å². The van der Waals surface area contributed by atoms with Crippen molar-refractivity contribution in [2.75, 3.05) is 12.3 Å². The lowest BCUT2D eigenvalue weighted by atomic mass is 10.1. The van der Waals surface area contributed by atoms with Crippen molar-refractivity contribution in [2.45, 2.75) is 13.0 Å². The molecule has 4 nitrogen and oxygen atoms in total. The lowest BCUT2D eigenvalue weighted by Crippen LogP contribution is -2.25. The fourth-order valence-corrected chi connectivity index (χ4v) is 3.00. The van der Waals surface area contributed by atoms with Crippen LogP contribution in [0.15, 0.2) is 24.3 Å². The van der Waals surface area contributed by atoms with Crippen LogP contribution in [0.25, 0.3) is 0 Å². The minimum atomic E-state index is -4.56. The molecule has 0 aliphatic carbocycles. The van der Waals surface area contributed by atoms with Crippen LogP contribution < -0.4 is 0 Å². The third-order valence-corrected chi connectivity index (χ3v) is 3.89. The first-order valence-corrected chi connectivity index (χ1v) is 7.33. The van der Waals surface area contributed by atoms with E-state index in [0.29, 0.717) is 0 Å². The maximum Gasteiger partial charge on any atom is 0.302 e. The standard InChI is InChI=1S/C12H13F2NO3S/c13-11-3-1-9(2-4-11)6-15-7-10(5-12(15)16)8-19(14,17)18/h1-4,10H,5-8H2. The Labute approximate surface area is 110 Å². The van der Waals surface area contributed by atoms with Crippen LogP contribution in [0.1, 0.15) is 12.0 Å². The third-order valence-electron chi connectivity index (χ3n) is 3.02. The number of halogens is 2. The minimum absolute atomic E-state index is 0.0321. The van der Waals surface area contributed by atoms with Crippen molar-refractivity contribution < 1.29 is 21.5 Å². The van der Waals surface area contributed by atoms with E-state index in [1.807, 2.05) is 0 Å². The summed E-state index contributed by atoms with van der Waals surface area (Å²) in [5.74, 6) is -1.71. The zero-order valence-corrected chi connectivity index (χ0v) is 10.9. The summed E-state index contributed by atoms with van der Waals surface area (Å²) < 4.78 is 46.4. The monoisotopic (exact) mass is 289 g/mol. The Morgan fingerprint density at radius 1 is 1.26 bits per heavy atom. The summed E-state index contributed by atoms with van der Waals surface area (Å²) in [6.45, 7) is 0.487. The number of nitrogens with zero attached hydrogens (tertiary/aromatic N) is 1. The summed E-state index contributed by atoms with van der Waals surface area (Å²) in [5.41, 5.74) is 0.749. The Hall–Kier alpha value is -1.50. The second-order valence-corrected chi connectivity index (χ2v) is 6.09. The molecule has 7 heteroatoms. The highest BCUT2D eigenvalue weighted by Gasteiger charge is 2.32. The van der Waals surface area contributed by atoms with Crippen LogP contribution in [-0.4, -0.2) is 31.5 Å². The molecule has 0 N–H and O–H groups in total. The second kappa shape index (κ2) is 5.24. The van der Waals surface area contributed by atoms with Crippen molar-refractivity contribution in [3.05, 3.63) is 35.6 Å². The normalized spacial score (nSPS) is 20.0. The zero-order valence-electron chi connectivity index (χ0n) is 10.1. The fourth-order valence-electron chi connectivity index (χ4n) is 2.21. The summed E-state index contributed by atoms with van der Waals surface area (Å²) in [6, 6.07) is 5.70. The third kappa shape index (κ3) is 3.99. The molecule has 1 heterocycles. The highest BCUT2D eigenvalue weighted by molar-refractivity contribution is 7.86. The van der Waals surface area contributed by atoms with Gasteiger partial charge in [0.05, 0.1) is 5.75 Å². The van der Waals surface area contributed by atoms with Crippen molar-refractivity contribution in [1.82, 2.24) is 4.90 Å². The number of likely N-dealkylation sites (tertiary alicyclic amines) is 1.